The van der Waals surface area contributed by atoms with E-state index in [9.17, 15) is 14.4 Å². The van der Waals surface area contributed by atoms with Gasteiger partial charge in [-0.2, -0.15) is 0 Å². The summed E-state index contributed by atoms with van der Waals surface area (Å²) in [7, 11) is 0. The van der Waals surface area contributed by atoms with E-state index in [2.05, 4.69) is 26.6 Å². The number of benzene rings is 3. The number of amides is 3. The van der Waals surface area contributed by atoms with Crippen LogP contribution in [0.4, 0.5) is 5.69 Å². The molecule has 3 aromatic carbocycles. The first-order chi connectivity index (χ1) is 22.2. The van der Waals surface area contributed by atoms with Gasteiger partial charge in [0.25, 0.3) is 5.91 Å². The maximum atomic E-state index is 13.6. The average Bonchev–Trinajstić information content (AvgIpc) is 3.07. The van der Waals surface area contributed by atoms with Crippen LogP contribution in [0.25, 0.3) is 11.1 Å². The van der Waals surface area contributed by atoms with Crippen LogP contribution in [0.5, 0.6) is 0 Å². The minimum absolute atomic E-state index is 0.118. The highest BCUT2D eigenvalue weighted by atomic mass is 16.2. The fourth-order valence-corrected chi connectivity index (χ4v) is 5.72. The fraction of sp³-hybridized carbons (Fsp3) is 0.353. The highest BCUT2D eigenvalue weighted by Crippen LogP contribution is 2.29. The van der Waals surface area contributed by atoms with Gasteiger partial charge in [0, 0.05) is 42.2 Å². The van der Waals surface area contributed by atoms with Gasteiger partial charge in [0.05, 0.1) is 0 Å². The summed E-state index contributed by atoms with van der Waals surface area (Å²) in [6, 6.07) is 19.5. The van der Waals surface area contributed by atoms with Crippen molar-refractivity contribution in [2.45, 2.75) is 45.1 Å². The Morgan fingerprint density at radius 2 is 1.59 bits per heavy atom. The lowest BCUT2D eigenvalue weighted by Gasteiger charge is -2.28. The molecule has 0 spiro atoms. The van der Waals surface area contributed by atoms with Crippen LogP contribution in [0.2, 0.25) is 0 Å². The van der Waals surface area contributed by atoms with E-state index in [1.807, 2.05) is 43.3 Å². The molecule has 3 amide bonds. The van der Waals surface area contributed by atoms with Crippen LogP contribution in [0.1, 0.15) is 52.7 Å². The molecule has 4 rings (SSSR count). The first kappa shape index (κ1) is 34.1. The second-order valence-corrected chi connectivity index (χ2v) is 11.7. The number of nitrogens with zero attached hydrogens (tertiary/aromatic N) is 1. The van der Waals surface area contributed by atoms with E-state index in [-0.39, 0.29) is 29.5 Å². The number of amidine groups is 1. The summed E-state index contributed by atoms with van der Waals surface area (Å²) in [5, 5.41) is 12.5. The van der Waals surface area contributed by atoms with Crippen LogP contribution in [-0.4, -0.2) is 49.2 Å². The van der Waals surface area contributed by atoms with Gasteiger partial charge in [0.15, 0.2) is 5.84 Å². The topological polar surface area (TPSA) is 216 Å². The zero-order valence-electron chi connectivity index (χ0n) is 26.2. The second kappa shape index (κ2) is 16.5. The van der Waals surface area contributed by atoms with Crippen LogP contribution in [0, 0.1) is 18.8 Å². The molecule has 12 N–H and O–H groups in total. The number of hydrogen-bond acceptors (Lipinski definition) is 8. The van der Waals surface area contributed by atoms with Crippen LogP contribution in [-0.2, 0) is 16.0 Å². The van der Waals surface area contributed by atoms with Gasteiger partial charge in [-0.1, -0.05) is 30.3 Å². The van der Waals surface area contributed by atoms with Crippen LogP contribution >= 0.6 is 0 Å². The van der Waals surface area contributed by atoms with E-state index in [0.29, 0.717) is 48.8 Å². The van der Waals surface area contributed by atoms with E-state index in [1.54, 1.807) is 30.3 Å². The van der Waals surface area contributed by atoms with Gasteiger partial charge in [-0.25, -0.2) is 11.4 Å². The highest BCUT2D eigenvalue weighted by Gasteiger charge is 2.29. The molecular formula is C34H45N9O3. The van der Waals surface area contributed by atoms with E-state index in [4.69, 9.17) is 23.0 Å². The summed E-state index contributed by atoms with van der Waals surface area (Å²) in [5.74, 6) is 5.10. The Bertz CT molecular complexity index is 1520. The number of aryl methyl sites for hydroxylation is 1. The second-order valence-electron chi connectivity index (χ2n) is 11.7. The van der Waals surface area contributed by atoms with Gasteiger partial charge >= 0.3 is 0 Å². The molecule has 1 saturated carbocycles. The van der Waals surface area contributed by atoms with Crippen molar-refractivity contribution in [1.29, 1.82) is 0 Å². The lowest BCUT2D eigenvalue weighted by molar-refractivity contribution is -0.130. The van der Waals surface area contributed by atoms with Crippen molar-refractivity contribution in [3.8, 4) is 11.1 Å². The number of hydrazine groups is 1. The average molecular weight is 628 g/mol. The van der Waals surface area contributed by atoms with E-state index in [0.717, 1.165) is 47.9 Å². The van der Waals surface area contributed by atoms with E-state index in [1.165, 1.54) is 0 Å². The van der Waals surface area contributed by atoms with Crippen LogP contribution in [0.3, 0.4) is 0 Å². The van der Waals surface area contributed by atoms with Crippen molar-refractivity contribution in [1.82, 2.24) is 16.2 Å². The van der Waals surface area contributed by atoms with Gasteiger partial charge in [-0.3, -0.25) is 14.4 Å². The van der Waals surface area contributed by atoms with Crippen molar-refractivity contribution in [3.05, 3.63) is 89.0 Å². The zero-order chi connectivity index (χ0) is 33.1. The summed E-state index contributed by atoms with van der Waals surface area (Å²) in [6.45, 7) is 3.38. The Morgan fingerprint density at radius 3 is 2.20 bits per heavy atom. The van der Waals surface area contributed by atoms with Gasteiger partial charge < -0.3 is 33.2 Å². The molecule has 0 radical (unpaired) electrons. The molecule has 1 atom stereocenters. The molecule has 0 bridgehead atoms. The monoisotopic (exact) mass is 627 g/mol. The molecule has 0 aliphatic heterocycles. The standard InChI is InChI=1S/C34H45N9O3/c1-21-18-27(32(44)39-17-16-35)12-15-29(21)24-6-2-22(3-7-24)19-30(41-33(45)26-8-4-23(20-36)5-9-26)34(46)40-28-13-10-25(11-14-28)31(37)42-43-38/h2-3,6-7,10-15,18,23,26,30,43H,4-5,8-9,16-17,19-20,35-36,38H2,1H3,(H2,37,42)(H,39,44)(H,40,46)(H,41,45)/t23?,26?,30-/m0/s1. The number of nitrogens with two attached hydrogens (primary N) is 4. The normalized spacial score (nSPS) is 17.1. The Kier molecular flexibility index (Phi) is 12.2. The zero-order valence-corrected chi connectivity index (χ0v) is 26.2. The largest absolute Gasteiger partial charge is 0.382 e. The van der Waals surface area contributed by atoms with Crippen LogP contribution in [0.15, 0.2) is 71.8 Å². The minimum Gasteiger partial charge on any atom is -0.382 e. The molecule has 46 heavy (non-hydrogen) atoms. The maximum absolute atomic E-state index is 13.6. The molecule has 12 heteroatoms. The third kappa shape index (κ3) is 9.13. The molecule has 12 nitrogen and oxygen atoms in total. The SMILES string of the molecule is Cc1cc(C(=O)NCCN)ccc1-c1ccc(C[C@H](NC(=O)C2CCC(CN)CC2)C(=O)Nc2ccc(/C(N)=N/NN)cc2)cc1. The smallest absolute Gasteiger partial charge is 0.251 e. The summed E-state index contributed by atoms with van der Waals surface area (Å²) < 4.78 is 0. The number of carbonyl (C=O) groups is 3. The summed E-state index contributed by atoms with van der Waals surface area (Å²) >= 11 is 0. The molecular weight excluding hydrogens is 582 g/mol. The quantitative estimate of drug-likeness (QED) is 0.0604. The van der Waals surface area contributed by atoms with Crippen LogP contribution < -0.4 is 44.5 Å². The maximum Gasteiger partial charge on any atom is 0.251 e. The van der Waals surface area contributed by atoms with Crippen molar-refractivity contribution >= 4 is 29.2 Å². The van der Waals surface area contributed by atoms with Gasteiger partial charge in [-0.15, -0.1) is 5.10 Å². The number of nitrogens with one attached hydrogen (secondary N) is 4. The van der Waals surface area contributed by atoms with Crippen molar-refractivity contribution in [3.63, 3.8) is 0 Å². The molecule has 0 unspecified atom stereocenters. The fourth-order valence-electron chi connectivity index (χ4n) is 5.72. The Morgan fingerprint density at radius 1 is 0.913 bits per heavy atom. The molecule has 0 aromatic heterocycles. The molecule has 0 saturated heterocycles. The van der Waals surface area contributed by atoms with Gasteiger partial charge in [0.1, 0.15) is 6.04 Å². The molecule has 3 aromatic rings. The summed E-state index contributed by atoms with van der Waals surface area (Å²) in [5.41, 5.74) is 24.9. The first-order valence-corrected chi connectivity index (χ1v) is 15.6. The molecule has 1 aliphatic carbocycles. The number of hydrazone groups is 1. The summed E-state index contributed by atoms with van der Waals surface area (Å²) in [4.78, 5) is 39.3. The van der Waals surface area contributed by atoms with Crippen molar-refractivity contribution in [2.24, 2.45) is 40.0 Å². The number of hydrogen-bond donors (Lipinski definition) is 8. The molecule has 1 fully saturated rings. The Labute approximate surface area is 269 Å². The van der Waals surface area contributed by atoms with Crippen molar-refractivity contribution < 1.29 is 14.4 Å². The first-order valence-electron chi connectivity index (χ1n) is 15.6. The summed E-state index contributed by atoms with van der Waals surface area (Å²) in [6.07, 6.45) is 3.63. The number of carbonyl (C=O) groups excluding carboxylic acids is 3. The molecule has 244 valence electrons. The predicted molar refractivity (Wildman–Crippen MR) is 181 cm³/mol. The molecule has 0 heterocycles. The number of anilines is 1. The Hall–Kier alpha value is -4.78. The van der Waals surface area contributed by atoms with Crippen molar-refractivity contribution in [2.75, 3.05) is 25.0 Å². The Balaban J connectivity index is 1.49. The minimum atomic E-state index is -0.800. The highest BCUT2D eigenvalue weighted by molar-refractivity contribution is 6.00. The molecule has 1 aliphatic rings. The number of rotatable bonds is 13. The van der Waals surface area contributed by atoms with E-state index >= 15 is 0 Å². The lowest BCUT2D eigenvalue weighted by Crippen LogP contribution is -2.48. The third-order valence-electron chi connectivity index (χ3n) is 8.44. The predicted octanol–water partition coefficient (Wildman–Crippen LogP) is 1.87. The van der Waals surface area contributed by atoms with E-state index < -0.39 is 6.04 Å². The third-order valence-corrected chi connectivity index (χ3v) is 8.44. The van der Waals surface area contributed by atoms with Gasteiger partial charge in [-0.05, 0) is 104 Å². The van der Waals surface area contributed by atoms with Gasteiger partial charge in [0.2, 0.25) is 11.8 Å². The lowest BCUT2D eigenvalue weighted by atomic mass is 9.81.